The fraction of sp³-hybridized carbons (Fsp3) is 0.367. The van der Waals surface area contributed by atoms with E-state index in [0.717, 1.165) is 28.5 Å². The van der Waals surface area contributed by atoms with Gasteiger partial charge in [-0.25, -0.2) is 18.0 Å². The van der Waals surface area contributed by atoms with Crippen LogP contribution in [0.5, 0.6) is 0 Å². The van der Waals surface area contributed by atoms with Gasteiger partial charge in [0.1, 0.15) is 12.2 Å². The van der Waals surface area contributed by atoms with Gasteiger partial charge in [0.2, 0.25) is 11.8 Å². The highest BCUT2D eigenvalue weighted by atomic mass is 19.2. The number of fused-ring (bicyclic) bond motifs is 2. The Kier molecular flexibility index (Phi) is 7.69. The Morgan fingerprint density at radius 1 is 1.05 bits per heavy atom. The summed E-state index contributed by atoms with van der Waals surface area (Å²) in [6.45, 7) is 4.20. The first-order chi connectivity index (χ1) is 19.2. The maximum Gasteiger partial charge on any atom is 0.319 e. The van der Waals surface area contributed by atoms with Gasteiger partial charge in [-0.3, -0.25) is 9.59 Å². The van der Waals surface area contributed by atoms with Crippen molar-refractivity contribution in [3.05, 3.63) is 83.2 Å². The SMILES string of the molecule is CC[C@H](C)[C@H]1C(=O)N(Cc2cccc3ccccc23)C[C@@H]2N(C(=O)NCc3cc(F)c(F)c(F)c3)CCC(=O)N12. The molecule has 3 atom stereocenters. The average Bonchev–Trinajstić information content (AvgIpc) is 2.95. The molecule has 0 saturated carbocycles. The van der Waals surface area contributed by atoms with Crippen molar-refractivity contribution < 1.29 is 27.6 Å². The van der Waals surface area contributed by atoms with E-state index in [1.165, 1.54) is 9.80 Å². The standard InChI is InChI=1S/C30H31F3N4O3/c1-3-18(2)28-29(39)35(16-21-9-6-8-20-7-4-5-10-22(20)21)17-25-36(12-11-26(38)37(25)28)30(40)34-15-19-13-23(31)27(33)24(32)14-19/h4-10,13-14,18,25,28H,3,11-12,15-17H2,1-2H3,(H,34,40)/t18-,25+,28-/m0/s1. The Balaban J connectivity index is 1.42. The van der Waals surface area contributed by atoms with E-state index in [2.05, 4.69) is 5.32 Å². The zero-order valence-electron chi connectivity index (χ0n) is 22.4. The van der Waals surface area contributed by atoms with Crippen LogP contribution in [0.2, 0.25) is 0 Å². The van der Waals surface area contributed by atoms with Gasteiger partial charge in [0.05, 0.1) is 6.54 Å². The lowest BCUT2D eigenvalue weighted by atomic mass is 9.91. The van der Waals surface area contributed by atoms with Crippen molar-refractivity contribution in [1.29, 1.82) is 0 Å². The summed E-state index contributed by atoms with van der Waals surface area (Å²) in [7, 11) is 0. The van der Waals surface area contributed by atoms with Crippen LogP contribution in [0.1, 0.15) is 37.8 Å². The van der Waals surface area contributed by atoms with E-state index in [0.29, 0.717) is 13.0 Å². The number of carbonyl (C=O) groups is 3. The van der Waals surface area contributed by atoms with Crippen molar-refractivity contribution in [2.24, 2.45) is 5.92 Å². The largest absolute Gasteiger partial charge is 0.334 e. The van der Waals surface area contributed by atoms with Crippen LogP contribution < -0.4 is 5.32 Å². The van der Waals surface area contributed by atoms with Crippen LogP contribution in [0, 0.1) is 23.4 Å². The highest BCUT2D eigenvalue weighted by Gasteiger charge is 2.50. The summed E-state index contributed by atoms with van der Waals surface area (Å²) in [6, 6.07) is 14.2. The number of halogens is 3. The third-order valence-electron chi connectivity index (χ3n) is 7.96. The molecule has 3 aromatic carbocycles. The molecule has 2 heterocycles. The number of nitrogens with one attached hydrogen (secondary N) is 1. The second-order valence-corrected chi connectivity index (χ2v) is 10.4. The molecule has 0 bridgehead atoms. The highest BCUT2D eigenvalue weighted by Crippen LogP contribution is 2.32. The van der Waals surface area contributed by atoms with E-state index in [1.807, 2.05) is 56.3 Å². The lowest BCUT2D eigenvalue weighted by molar-refractivity contribution is -0.170. The van der Waals surface area contributed by atoms with Crippen molar-refractivity contribution in [3.63, 3.8) is 0 Å². The van der Waals surface area contributed by atoms with Gasteiger partial charge in [-0.05, 0) is 39.9 Å². The highest BCUT2D eigenvalue weighted by molar-refractivity contribution is 5.92. The van der Waals surface area contributed by atoms with Crippen LogP contribution in [-0.2, 0) is 22.7 Å². The molecule has 4 amide bonds. The molecule has 2 saturated heterocycles. The van der Waals surface area contributed by atoms with Gasteiger partial charge >= 0.3 is 6.03 Å². The minimum Gasteiger partial charge on any atom is -0.334 e. The van der Waals surface area contributed by atoms with Crippen molar-refractivity contribution in [2.75, 3.05) is 13.1 Å². The first-order valence-corrected chi connectivity index (χ1v) is 13.4. The normalized spacial score (nSPS) is 20.1. The van der Waals surface area contributed by atoms with Gasteiger partial charge in [-0.1, -0.05) is 62.7 Å². The summed E-state index contributed by atoms with van der Waals surface area (Å²) in [5, 5.41) is 4.71. The van der Waals surface area contributed by atoms with Crippen LogP contribution >= 0.6 is 0 Å². The number of hydrogen-bond donors (Lipinski definition) is 1. The molecule has 210 valence electrons. The van der Waals surface area contributed by atoms with Gasteiger partial charge in [-0.15, -0.1) is 0 Å². The minimum absolute atomic E-state index is 0.0489. The molecular formula is C30H31F3N4O3. The number of nitrogens with zero attached hydrogens (tertiary/aromatic N) is 3. The number of benzene rings is 3. The fourth-order valence-electron chi connectivity index (χ4n) is 5.68. The first kappa shape index (κ1) is 27.5. The topological polar surface area (TPSA) is 73.0 Å². The second-order valence-electron chi connectivity index (χ2n) is 10.4. The molecule has 5 rings (SSSR count). The van der Waals surface area contributed by atoms with Crippen LogP contribution in [0.3, 0.4) is 0 Å². The van der Waals surface area contributed by atoms with Crippen molar-refractivity contribution >= 4 is 28.6 Å². The summed E-state index contributed by atoms with van der Waals surface area (Å²) >= 11 is 0. The van der Waals surface area contributed by atoms with Crippen LogP contribution in [0.15, 0.2) is 54.6 Å². The molecule has 2 aliphatic heterocycles. The fourth-order valence-corrected chi connectivity index (χ4v) is 5.68. The molecule has 10 heteroatoms. The number of amides is 4. The van der Waals surface area contributed by atoms with Crippen molar-refractivity contribution in [3.8, 4) is 0 Å². The van der Waals surface area contributed by atoms with E-state index in [1.54, 1.807) is 4.90 Å². The number of rotatable bonds is 6. The van der Waals surface area contributed by atoms with Gasteiger partial charge in [-0.2, -0.15) is 0 Å². The Hall–Kier alpha value is -4.08. The molecule has 0 aliphatic carbocycles. The summed E-state index contributed by atoms with van der Waals surface area (Å²) < 4.78 is 40.7. The lowest BCUT2D eigenvalue weighted by Gasteiger charge is -2.53. The molecule has 1 N–H and O–H groups in total. The predicted octanol–water partition coefficient (Wildman–Crippen LogP) is 4.78. The molecule has 0 aromatic heterocycles. The Morgan fingerprint density at radius 3 is 2.48 bits per heavy atom. The van der Waals surface area contributed by atoms with Crippen molar-refractivity contribution in [2.45, 2.75) is 52.0 Å². The van der Waals surface area contributed by atoms with Crippen molar-refractivity contribution in [1.82, 2.24) is 20.0 Å². The summed E-state index contributed by atoms with van der Waals surface area (Å²) in [5.41, 5.74) is 1.02. The van der Waals surface area contributed by atoms with Crippen LogP contribution in [-0.4, -0.2) is 57.8 Å². The number of piperazine rings is 1. The monoisotopic (exact) mass is 552 g/mol. The third kappa shape index (κ3) is 5.10. The molecule has 40 heavy (non-hydrogen) atoms. The van der Waals surface area contributed by atoms with Gasteiger partial charge in [0.15, 0.2) is 17.5 Å². The molecule has 0 radical (unpaired) electrons. The van der Waals surface area contributed by atoms with Gasteiger partial charge < -0.3 is 20.0 Å². The number of hydrogen-bond acceptors (Lipinski definition) is 3. The quantitative estimate of drug-likeness (QED) is 0.448. The Morgan fingerprint density at radius 2 is 1.75 bits per heavy atom. The minimum atomic E-state index is -1.57. The lowest BCUT2D eigenvalue weighted by Crippen LogP contribution is -2.72. The zero-order valence-corrected chi connectivity index (χ0v) is 22.4. The third-order valence-corrected chi connectivity index (χ3v) is 7.96. The molecule has 2 aliphatic rings. The number of carbonyl (C=O) groups excluding carboxylic acids is 3. The predicted molar refractivity (Wildman–Crippen MR) is 143 cm³/mol. The molecule has 0 unspecified atom stereocenters. The average molecular weight is 553 g/mol. The van der Waals surface area contributed by atoms with E-state index < -0.39 is 35.7 Å². The van der Waals surface area contributed by atoms with E-state index in [9.17, 15) is 27.6 Å². The molecule has 0 spiro atoms. The summed E-state index contributed by atoms with van der Waals surface area (Å²) in [6.07, 6.45) is -0.00879. The molecule has 2 fully saturated rings. The Bertz CT molecular complexity index is 1440. The van der Waals surface area contributed by atoms with Gasteiger partial charge in [0, 0.05) is 26.1 Å². The molecule has 3 aromatic rings. The second kappa shape index (κ2) is 11.2. The first-order valence-electron chi connectivity index (χ1n) is 13.4. The maximum atomic E-state index is 13.9. The zero-order chi connectivity index (χ0) is 28.6. The van der Waals surface area contributed by atoms with E-state index in [4.69, 9.17) is 0 Å². The molecular weight excluding hydrogens is 521 g/mol. The smallest absolute Gasteiger partial charge is 0.319 e. The van der Waals surface area contributed by atoms with Crippen LogP contribution in [0.25, 0.3) is 10.8 Å². The summed E-state index contributed by atoms with van der Waals surface area (Å²) in [4.78, 5) is 45.1. The number of urea groups is 1. The van der Waals surface area contributed by atoms with Gasteiger partial charge in [0.25, 0.3) is 0 Å². The van der Waals surface area contributed by atoms with E-state index in [-0.39, 0.29) is 49.4 Å². The summed E-state index contributed by atoms with van der Waals surface area (Å²) in [5.74, 6) is -4.76. The van der Waals surface area contributed by atoms with E-state index >= 15 is 0 Å². The maximum absolute atomic E-state index is 13.9. The molecule has 7 nitrogen and oxygen atoms in total. The van der Waals surface area contributed by atoms with Crippen LogP contribution in [0.4, 0.5) is 18.0 Å². The Labute approximate surface area is 230 Å².